The van der Waals surface area contributed by atoms with E-state index in [1.165, 1.54) is 0 Å². The van der Waals surface area contributed by atoms with Crippen LogP contribution in [0.2, 0.25) is 10.0 Å². The molecule has 0 amide bonds. The lowest BCUT2D eigenvalue weighted by Gasteiger charge is -2.21. The second-order valence-corrected chi connectivity index (χ2v) is 8.67. The van der Waals surface area contributed by atoms with Gasteiger partial charge >= 0.3 is 5.97 Å². The molecule has 5 nitrogen and oxygen atoms in total. The van der Waals surface area contributed by atoms with Gasteiger partial charge in [-0.3, -0.25) is 4.79 Å². The molecule has 0 radical (unpaired) electrons. The molecule has 8 heteroatoms. The average Bonchev–Trinajstić information content (AvgIpc) is 3.18. The van der Waals surface area contributed by atoms with Gasteiger partial charge in [-0.05, 0) is 24.6 Å². The topological polar surface area (TPSA) is 51.7 Å². The zero-order valence-electron chi connectivity index (χ0n) is 17.4. The molecule has 0 fully saturated rings. The number of hydrogen-bond acceptors (Lipinski definition) is 6. The van der Waals surface area contributed by atoms with Gasteiger partial charge in [0.15, 0.2) is 5.13 Å². The zero-order chi connectivity index (χ0) is 22.2. The molecule has 3 rings (SSSR count). The van der Waals surface area contributed by atoms with E-state index >= 15 is 0 Å². The maximum atomic E-state index is 12.0. The molecule has 0 saturated heterocycles. The molecule has 0 saturated carbocycles. The highest BCUT2D eigenvalue weighted by molar-refractivity contribution is 7.16. The summed E-state index contributed by atoms with van der Waals surface area (Å²) in [7, 11) is 1.65. The van der Waals surface area contributed by atoms with Gasteiger partial charge in [0.2, 0.25) is 0 Å². The monoisotopic (exact) mass is 478 g/mol. The smallest absolute Gasteiger partial charge is 0.307 e. The number of nitrogens with zero attached hydrogens (tertiary/aromatic N) is 2. The van der Waals surface area contributed by atoms with Gasteiger partial charge in [-0.1, -0.05) is 70.9 Å². The molecule has 0 atom stereocenters. The second-order valence-electron chi connectivity index (χ2n) is 6.79. The molecule has 2 aromatic carbocycles. The zero-order valence-corrected chi connectivity index (χ0v) is 19.8. The molecule has 0 aliphatic heterocycles. The van der Waals surface area contributed by atoms with E-state index in [1.807, 2.05) is 30.3 Å². The van der Waals surface area contributed by atoms with Crippen molar-refractivity contribution in [1.82, 2.24) is 4.98 Å². The number of anilines is 1. The Labute approximate surface area is 196 Å². The molecule has 31 heavy (non-hydrogen) atoms. The predicted octanol–water partition coefficient (Wildman–Crippen LogP) is 6.22. The maximum Gasteiger partial charge on any atom is 0.307 e. The van der Waals surface area contributed by atoms with Gasteiger partial charge in [0, 0.05) is 25.8 Å². The summed E-state index contributed by atoms with van der Waals surface area (Å²) in [6, 6.07) is 15.6. The van der Waals surface area contributed by atoms with Crippen molar-refractivity contribution in [3.05, 3.63) is 69.0 Å². The summed E-state index contributed by atoms with van der Waals surface area (Å²) in [6.07, 6.45) is 0.280. The summed E-state index contributed by atoms with van der Waals surface area (Å²) in [5.41, 5.74) is 2.80. The fourth-order valence-electron chi connectivity index (χ4n) is 3.08. The highest BCUT2D eigenvalue weighted by atomic mass is 35.5. The van der Waals surface area contributed by atoms with Crippen molar-refractivity contribution in [2.45, 2.75) is 26.5 Å². The van der Waals surface area contributed by atoms with Gasteiger partial charge in [-0.2, -0.15) is 0 Å². The number of hydrogen-bond donors (Lipinski definition) is 0. The van der Waals surface area contributed by atoms with E-state index in [2.05, 4.69) is 17.0 Å². The Morgan fingerprint density at radius 3 is 2.58 bits per heavy atom. The summed E-state index contributed by atoms with van der Waals surface area (Å²) in [5, 5.41) is 1.77. The number of carbonyl (C=O) groups excluding carboxylic acids is 1. The number of halogens is 2. The summed E-state index contributed by atoms with van der Waals surface area (Å²) in [6.45, 7) is 3.72. The van der Waals surface area contributed by atoms with E-state index in [9.17, 15) is 4.79 Å². The summed E-state index contributed by atoms with van der Waals surface area (Å²) < 4.78 is 10.5. The van der Waals surface area contributed by atoms with Crippen LogP contribution in [0, 0.1) is 0 Å². The minimum atomic E-state index is -0.223. The highest BCUT2D eigenvalue weighted by Crippen LogP contribution is 2.36. The lowest BCUT2D eigenvalue weighted by Crippen LogP contribution is -2.26. The van der Waals surface area contributed by atoms with Crippen LogP contribution < -0.4 is 4.90 Å². The van der Waals surface area contributed by atoms with Gasteiger partial charge in [-0.25, -0.2) is 4.98 Å². The number of aromatic nitrogens is 1. The third-order valence-electron chi connectivity index (χ3n) is 4.53. The lowest BCUT2D eigenvalue weighted by atomic mass is 10.1. The summed E-state index contributed by atoms with van der Waals surface area (Å²) >= 11 is 13.9. The average molecular weight is 479 g/mol. The van der Waals surface area contributed by atoms with E-state index < -0.39 is 0 Å². The highest BCUT2D eigenvalue weighted by Gasteiger charge is 2.20. The van der Waals surface area contributed by atoms with Crippen LogP contribution in [-0.4, -0.2) is 31.2 Å². The third kappa shape index (κ3) is 6.43. The minimum absolute atomic E-state index is 0.223. The molecule has 3 aromatic rings. The van der Waals surface area contributed by atoms with E-state index in [1.54, 1.807) is 31.4 Å². The Bertz CT molecular complexity index is 1010. The van der Waals surface area contributed by atoms with Crippen molar-refractivity contribution in [1.29, 1.82) is 0 Å². The number of thiazole rings is 1. The number of methoxy groups -OCH3 is 1. The molecule has 0 unspecified atom stereocenters. The second kappa shape index (κ2) is 11.5. The molecule has 0 N–H and O–H groups in total. The molecule has 1 aromatic heterocycles. The van der Waals surface area contributed by atoms with E-state index in [4.69, 9.17) is 37.7 Å². The Hall–Kier alpha value is -2.12. The van der Waals surface area contributed by atoms with Crippen molar-refractivity contribution in [3.63, 3.8) is 0 Å². The number of benzene rings is 2. The molecule has 0 aliphatic carbocycles. The van der Waals surface area contributed by atoms with Crippen LogP contribution in [0.3, 0.4) is 0 Å². The van der Waals surface area contributed by atoms with Crippen LogP contribution in [-0.2, 0) is 27.4 Å². The Morgan fingerprint density at radius 2 is 1.90 bits per heavy atom. The first-order chi connectivity index (χ1) is 15.0. The van der Waals surface area contributed by atoms with Gasteiger partial charge in [0.1, 0.15) is 0 Å². The van der Waals surface area contributed by atoms with E-state index in [0.717, 1.165) is 26.8 Å². The first-order valence-electron chi connectivity index (χ1n) is 9.90. The van der Waals surface area contributed by atoms with Crippen LogP contribution in [0.5, 0.6) is 0 Å². The Balaban J connectivity index is 1.94. The molecular weight excluding hydrogens is 455 g/mol. The van der Waals surface area contributed by atoms with Crippen molar-refractivity contribution in [2.24, 2.45) is 0 Å². The van der Waals surface area contributed by atoms with Crippen molar-refractivity contribution < 1.29 is 14.3 Å². The standard InChI is InChI=1S/C23H24Cl2N2O3S/c1-3-30-21(28)11-12-27(14-16-7-5-4-6-8-16)23-26-22(20(31-23)15-29-2)17-9-10-18(24)19(25)13-17/h4-10,13H,3,11-12,14-15H2,1-2H3. The first kappa shape index (κ1) is 23.5. The van der Waals surface area contributed by atoms with Crippen molar-refractivity contribution in [3.8, 4) is 11.3 Å². The lowest BCUT2D eigenvalue weighted by molar-refractivity contribution is -0.142. The van der Waals surface area contributed by atoms with Gasteiger partial charge < -0.3 is 14.4 Å². The van der Waals surface area contributed by atoms with Crippen LogP contribution >= 0.6 is 34.5 Å². The first-order valence-corrected chi connectivity index (χ1v) is 11.5. The Morgan fingerprint density at radius 1 is 1.13 bits per heavy atom. The number of ether oxygens (including phenoxy) is 2. The van der Waals surface area contributed by atoms with Crippen LogP contribution in [0.15, 0.2) is 48.5 Å². The fraction of sp³-hybridized carbons (Fsp3) is 0.304. The maximum absolute atomic E-state index is 12.0. The van der Waals surface area contributed by atoms with Gasteiger partial charge in [0.05, 0.1) is 40.3 Å². The molecule has 0 spiro atoms. The van der Waals surface area contributed by atoms with Crippen LogP contribution in [0.1, 0.15) is 23.8 Å². The molecule has 1 heterocycles. The van der Waals surface area contributed by atoms with E-state index in [0.29, 0.717) is 36.3 Å². The van der Waals surface area contributed by atoms with Gasteiger partial charge in [0.25, 0.3) is 0 Å². The predicted molar refractivity (Wildman–Crippen MR) is 127 cm³/mol. The number of carbonyl (C=O) groups is 1. The van der Waals surface area contributed by atoms with Gasteiger partial charge in [-0.15, -0.1) is 0 Å². The molecule has 0 aliphatic rings. The van der Waals surface area contributed by atoms with Crippen LogP contribution in [0.25, 0.3) is 11.3 Å². The quantitative estimate of drug-likeness (QED) is 0.323. The SMILES string of the molecule is CCOC(=O)CCN(Cc1ccccc1)c1nc(-c2ccc(Cl)c(Cl)c2)c(COC)s1. The van der Waals surface area contributed by atoms with Crippen LogP contribution in [0.4, 0.5) is 5.13 Å². The molecular formula is C23H24Cl2N2O3S. The minimum Gasteiger partial charge on any atom is -0.466 e. The largest absolute Gasteiger partial charge is 0.466 e. The van der Waals surface area contributed by atoms with E-state index in [-0.39, 0.29) is 12.4 Å². The molecule has 164 valence electrons. The number of esters is 1. The summed E-state index contributed by atoms with van der Waals surface area (Å²) in [4.78, 5) is 20.0. The third-order valence-corrected chi connectivity index (χ3v) is 6.36. The number of rotatable bonds is 10. The summed E-state index contributed by atoms with van der Waals surface area (Å²) in [5.74, 6) is -0.223. The van der Waals surface area contributed by atoms with Crippen molar-refractivity contribution >= 4 is 45.6 Å². The molecule has 0 bridgehead atoms. The normalized spacial score (nSPS) is 10.8. The Kier molecular flexibility index (Phi) is 8.72. The fourth-order valence-corrected chi connectivity index (χ4v) is 4.46. The van der Waals surface area contributed by atoms with Crippen molar-refractivity contribution in [2.75, 3.05) is 25.2 Å².